The standard InChI is InChI=1S/C17H26N2O5/c1-16(2,3)24-15(22)19-10-7-8-11(12(20)9-10)17(4,5)13(18)14(21)23-6/h7-9,13,20H,18H2,1-6H3,(H,19,22). The topological polar surface area (TPSA) is 111 Å². The predicted octanol–water partition coefficient (Wildman–Crippen LogP) is 2.52. The summed E-state index contributed by atoms with van der Waals surface area (Å²) in [6, 6.07) is 3.64. The smallest absolute Gasteiger partial charge is 0.412 e. The molecule has 0 aliphatic rings. The summed E-state index contributed by atoms with van der Waals surface area (Å²) >= 11 is 0. The number of phenolic OH excluding ortho intramolecular Hbond substituents is 1. The molecule has 0 heterocycles. The maximum Gasteiger partial charge on any atom is 0.412 e. The van der Waals surface area contributed by atoms with Crippen LogP contribution >= 0.6 is 0 Å². The largest absolute Gasteiger partial charge is 0.508 e. The molecule has 1 atom stereocenters. The lowest BCUT2D eigenvalue weighted by Gasteiger charge is -2.31. The van der Waals surface area contributed by atoms with Gasteiger partial charge in [-0.1, -0.05) is 19.9 Å². The number of phenols is 1. The van der Waals surface area contributed by atoms with Gasteiger partial charge in [-0.2, -0.15) is 0 Å². The second-order valence-corrected chi connectivity index (χ2v) is 7.08. The molecule has 0 spiro atoms. The van der Waals surface area contributed by atoms with Gasteiger partial charge in [0.2, 0.25) is 0 Å². The number of esters is 1. The Balaban J connectivity index is 2.99. The van der Waals surface area contributed by atoms with Crippen molar-refractivity contribution in [3.8, 4) is 5.75 Å². The molecule has 0 aliphatic heterocycles. The summed E-state index contributed by atoms with van der Waals surface area (Å²) in [5.74, 6) is -0.664. The van der Waals surface area contributed by atoms with Crippen molar-refractivity contribution in [2.45, 2.75) is 51.7 Å². The predicted molar refractivity (Wildman–Crippen MR) is 91.0 cm³/mol. The second kappa shape index (κ2) is 7.09. The Kier molecular flexibility index (Phi) is 5.84. The summed E-state index contributed by atoms with van der Waals surface area (Å²) in [7, 11) is 1.26. The van der Waals surface area contributed by atoms with Gasteiger partial charge in [0.25, 0.3) is 0 Å². The van der Waals surface area contributed by atoms with Crippen LogP contribution in [0.4, 0.5) is 10.5 Å². The van der Waals surface area contributed by atoms with E-state index < -0.39 is 29.1 Å². The molecule has 0 bridgehead atoms. The lowest BCUT2D eigenvalue weighted by atomic mass is 9.77. The summed E-state index contributed by atoms with van der Waals surface area (Å²) < 4.78 is 9.81. The molecule has 7 nitrogen and oxygen atoms in total. The highest BCUT2D eigenvalue weighted by Gasteiger charge is 2.36. The van der Waals surface area contributed by atoms with Crippen LogP contribution in [0, 0.1) is 0 Å². The molecule has 7 heteroatoms. The van der Waals surface area contributed by atoms with Gasteiger partial charge < -0.3 is 20.3 Å². The highest BCUT2D eigenvalue weighted by molar-refractivity contribution is 5.85. The van der Waals surface area contributed by atoms with E-state index in [-0.39, 0.29) is 5.75 Å². The molecule has 134 valence electrons. The van der Waals surface area contributed by atoms with Crippen LogP contribution in [-0.4, -0.2) is 35.9 Å². The Morgan fingerprint density at radius 1 is 1.21 bits per heavy atom. The molecule has 4 N–H and O–H groups in total. The van der Waals surface area contributed by atoms with Gasteiger partial charge in [0.15, 0.2) is 0 Å². The SMILES string of the molecule is COC(=O)C(N)C(C)(C)c1ccc(NC(=O)OC(C)(C)C)cc1O. The van der Waals surface area contributed by atoms with Crippen LogP contribution in [0.3, 0.4) is 0 Å². The van der Waals surface area contributed by atoms with Crippen molar-refractivity contribution < 1.29 is 24.2 Å². The molecule has 0 aromatic heterocycles. The average Bonchev–Trinajstić information content (AvgIpc) is 2.43. The van der Waals surface area contributed by atoms with Crippen LogP contribution in [0.15, 0.2) is 18.2 Å². The molecule has 1 amide bonds. The van der Waals surface area contributed by atoms with Crippen molar-refractivity contribution in [2.75, 3.05) is 12.4 Å². The molecule has 0 saturated heterocycles. The monoisotopic (exact) mass is 338 g/mol. The number of ether oxygens (including phenoxy) is 2. The fourth-order valence-electron chi connectivity index (χ4n) is 2.16. The van der Waals surface area contributed by atoms with E-state index in [9.17, 15) is 14.7 Å². The summed E-state index contributed by atoms with van der Waals surface area (Å²) in [5, 5.41) is 12.8. The second-order valence-electron chi connectivity index (χ2n) is 7.08. The lowest BCUT2D eigenvalue weighted by molar-refractivity contribution is -0.143. The quantitative estimate of drug-likeness (QED) is 0.728. The van der Waals surface area contributed by atoms with Gasteiger partial charge in [-0.15, -0.1) is 0 Å². The van der Waals surface area contributed by atoms with E-state index in [1.165, 1.54) is 13.2 Å². The Hall–Kier alpha value is -2.28. The van der Waals surface area contributed by atoms with Crippen LogP contribution in [0.2, 0.25) is 0 Å². The first kappa shape index (κ1) is 19.8. The third kappa shape index (κ3) is 4.86. The third-order valence-electron chi connectivity index (χ3n) is 3.57. The number of hydrogen-bond acceptors (Lipinski definition) is 6. The molecule has 1 aromatic rings. The van der Waals surface area contributed by atoms with Gasteiger partial charge in [0.1, 0.15) is 17.4 Å². The van der Waals surface area contributed by atoms with E-state index >= 15 is 0 Å². The minimum Gasteiger partial charge on any atom is -0.508 e. The molecule has 0 saturated carbocycles. The zero-order valence-electron chi connectivity index (χ0n) is 15.0. The first-order valence-corrected chi connectivity index (χ1v) is 7.55. The highest BCUT2D eigenvalue weighted by Crippen LogP contribution is 2.35. The molecule has 0 fully saturated rings. The van der Waals surface area contributed by atoms with Crippen LogP contribution in [0.5, 0.6) is 5.75 Å². The maximum atomic E-state index is 11.8. The van der Waals surface area contributed by atoms with Gasteiger partial charge in [-0.3, -0.25) is 10.1 Å². The lowest BCUT2D eigenvalue weighted by Crippen LogP contribution is -2.47. The number of rotatable bonds is 4. The van der Waals surface area contributed by atoms with E-state index in [0.717, 1.165) is 0 Å². The van der Waals surface area contributed by atoms with Gasteiger partial charge in [0, 0.05) is 22.7 Å². The molecule has 0 radical (unpaired) electrons. The van der Waals surface area contributed by atoms with Crippen LogP contribution in [0.1, 0.15) is 40.2 Å². The number of carbonyl (C=O) groups excluding carboxylic acids is 2. The number of aromatic hydroxyl groups is 1. The zero-order chi connectivity index (χ0) is 18.7. The molecular weight excluding hydrogens is 312 g/mol. The van der Waals surface area contributed by atoms with Crippen LogP contribution in [-0.2, 0) is 19.7 Å². The van der Waals surface area contributed by atoms with E-state index in [1.807, 2.05) is 0 Å². The Bertz CT molecular complexity index is 620. The fraction of sp³-hybridized carbons (Fsp3) is 0.529. The minimum absolute atomic E-state index is 0.0899. The maximum absolute atomic E-state index is 11.8. The van der Waals surface area contributed by atoms with E-state index in [0.29, 0.717) is 11.3 Å². The molecule has 1 rings (SSSR count). The number of nitrogens with two attached hydrogens (primary N) is 1. The molecule has 1 unspecified atom stereocenters. The first-order chi connectivity index (χ1) is 10.9. The third-order valence-corrected chi connectivity index (χ3v) is 3.57. The molecule has 0 aliphatic carbocycles. The number of nitrogens with one attached hydrogen (secondary N) is 1. The number of benzene rings is 1. The van der Waals surface area contributed by atoms with Crippen molar-refractivity contribution in [3.05, 3.63) is 23.8 Å². The number of amides is 1. The fourth-order valence-corrected chi connectivity index (χ4v) is 2.16. The van der Waals surface area contributed by atoms with E-state index in [2.05, 4.69) is 10.1 Å². The Morgan fingerprint density at radius 3 is 2.25 bits per heavy atom. The zero-order valence-corrected chi connectivity index (χ0v) is 15.0. The van der Waals surface area contributed by atoms with Crippen LogP contribution in [0.25, 0.3) is 0 Å². The van der Waals surface area contributed by atoms with Crippen LogP contribution < -0.4 is 11.1 Å². The molecular formula is C17H26N2O5. The average molecular weight is 338 g/mol. The van der Waals surface area contributed by atoms with Crippen molar-refractivity contribution in [1.29, 1.82) is 0 Å². The normalized spacial score (nSPS) is 13.1. The first-order valence-electron chi connectivity index (χ1n) is 7.55. The van der Waals surface area contributed by atoms with Crippen molar-refractivity contribution in [1.82, 2.24) is 0 Å². The summed E-state index contributed by atoms with van der Waals surface area (Å²) in [6.07, 6.45) is -0.625. The van der Waals surface area contributed by atoms with Crippen molar-refractivity contribution >= 4 is 17.7 Å². The van der Waals surface area contributed by atoms with Gasteiger partial charge in [0.05, 0.1) is 7.11 Å². The molecule has 24 heavy (non-hydrogen) atoms. The van der Waals surface area contributed by atoms with E-state index in [4.69, 9.17) is 10.5 Å². The number of methoxy groups -OCH3 is 1. The summed E-state index contributed by atoms with van der Waals surface area (Å²) in [4.78, 5) is 23.4. The van der Waals surface area contributed by atoms with Crippen molar-refractivity contribution in [3.63, 3.8) is 0 Å². The van der Waals surface area contributed by atoms with Gasteiger partial charge >= 0.3 is 12.1 Å². The van der Waals surface area contributed by atoms with Crippen molar-refractivity contribution in [2.24, 2.45) is 5.73 Å². The Morgan fingerprint density at radius 2 is 1.79 bits per heavy atom. The van der Waals surface area contributed by atoms with Gasteiger partial charge in [-0.25, -0.2) is 4.79 Å². The number of anilines is 1. The minimum atomic E-state index is -0.946. The number of hydrogen-bond donors (Lipinski definition) is 3. The Labute approximate surface area is 142 Å². The summed E-state index contributed by atoms with van der Waals surface area (Å²) in [6.45, 7) is 8.72. The number of carbonyl (C=O) groups is 2. The molecule has 1 aromatic carbocycles. The van der Waals surface area contributed by atoms with Gasteiger partial charge in [-0.05, 0) is 26.8 Å². The van der Waals surface area contributed by atoms with E-state index in [1.54, 1.807) is 46.8 Å². The summed E-state index contributed by atoms with van der Waals surface area (Å²) in [5.41, 5.74) is 5.27. The highest BCUT2D eigenvalue weighted by atomic mass is 16.6.